The number of rotatable bonds is 2. The molecule has 18 heavy (non-hydrogen) atoms. The van der Waals surface area contributed by atoms with E-state index in [1.165, 1.54) is 30.4 Å². The normalized spacial score (nSPS) is 14.8. The van der Waals surface area contributed by atoms with Gasteiger partial charge in [0.1, 0.15) is 0 Å². The second-order valence-corrected chi connectivity index (χ2v) is 5.56. The van der Waals surface area contributed by atoms with Crippen molar-refractivity contribution in [3.05, 3.63) is 40.0 Å². The predicted molar refractivity (Wildman–Crippen MR) is 77.4 cm³/mol. The van der Waals surface area contributed by atoms with Crippen molar-refractivity contribution in [2.45, 2.75) is 45.4 Å². The predicted octanol–water partition coefficient (Wildman–Crippen LogP) is 4.72. The molecule has 0 radical (unpaired) electrons. The lowest BCUT2D eigenvalue weighted by Gasteiger charge is -2.18. The van der Waals surface area contributed by atoms with E-state index in [0.29, 0.717) is 0 Å². The molecule has 2 heteroatoms. The minimum atomic E-state index is 0.858. The lowest BCUT2D eigenvalue weighted by molar-refractivity contribution is 0.688. The first kappa shape index (κ1) is 12.0. The van der Waals surface area contributed by atoms with Crippen LogP contribution in [-0.2, 0) is 19.3 Å². The van der Waals surface area contributed by atoms with Crippen molar-refractivity contribution in [1.29, 1.82) is 0 Å². The number of pyridine rings is 1. The van der Waals surface area contributed by atoms with Gasteiger partial charge >= 0.3 is 0 Å². The summed E-state index contributed by atoms with van der Waals surface area (Å²) in [6.07, 6.45) is 7.07. The van der Waals surface area contributed by atoms with Crippen LogP contribution in [0.5, 0.6) is 0 Å². The van der Waals surface area contributed by atoms with Gasteiger partial charge in [-0.15, -0.1) is 0 Å². The molecule has 0 spiro atoms. The highest BCUT2D eigenvalue weighted by Gasteiger charge is 2.15. The van der Waals surface area contributed by atoms with Crippen molar-refractivity contribution < 1.29 is 0 Å². The van der Waals surface area contributed by atoms with E-state index in [9.17, 15) is 0 Å². The fourth-order valence-corrected chi connectivity index (χ4v) is 3.19. The Morgan fingerprint density at radius 3 is 2.89 bits per heavy atom. The molecule has 3 rings (SSSR count). The summed E-state index contributed by atoms with van der Waals surface area (Å²) in [7, 11) is 0. The standard InChI is InChI=1S/C16H18ClN/c1-2-5-12-10-15(17)14-9-8-11-6-3-4-7-13(11)16(14)18-12/h8-10H,2-7H2,1H3. The molecule has 1 nitrogen and oxygen atoms in total. The molecule has 1 aromatic heterocycles. The molecule has 1 aliphatic carbocycles. The zero-order valence-corrected chi connectivity index (χ0v) is 11.6. The van der Waals surface area contributed by atoms with Crippen LogP contribution < -0.4 is 0 Å². The van der Waals surface area contributed by atoms with Gasteiger partial charge in [0.25, 0.3) is 0 Å². The number of fused-ring (bicyclic) bond motifs is 3. The highest BCUT2D eigenvalue weighted by molar-refractivity contribution is 6.35. The van der Waals surface area contributed by atoms with E-state index in [1.54, 1.807) is 0 Å². The Labute approximate surface area is 113 Å². The Kier molecular flexibility index (Phi) is 3.25. The van der Waals surface area contributed by atoms with Crippen LogP contribution in [0.2, 0.25) is 5.02 Å². The number of nitrogens with zero attached hydrogens (tertiary/aromatic N) is 1. The van der Waals surface area contributed by atoms with Crippen LogP contribution in [0.15, 0.2) is 18.2 Å². The van der Waals surface area contributed by atoms with Crippen LogP contribution in [-0.4, -0.2) is 4.98 Å². The molecule has 0 N–H and O–H groups in total. The molecule has 0 saturated carbocycles. The fourth-order valence-electron chi connectivity index (χ4n) is 2.91. The lowest BCUT2D eigenvalue weighted by Crippen LogP contribution is -2.05. The van der Waals surface area contributed by atoms with Gasteiger partial charge in [0.05, 0.1) is 10.5 Å². The van der Waals surface area contributed by atoms with Gasteiger partial charge in [0.2, 0.25) is 0 Å². The van der Waals surface area contributed by atoms with Crippen LogP contribution in [0.3, 0.4) is 0 Å². The molecule has 2 aromatic rings. The zero-order valence-electron chi connectivity index (χ0n) is 10.8. The SMILES string of the molecule is CCCc1cc(Cl)c2ccc3c(c2n1)CCCC3. The first-order chi connectivity index (χ1) is 8.79. The number of halogens is 1. The summed E-state index contributed by atoms with van der Waals surface area (Å²) in [5.41, 5.74) is 5.21. The van der Waals surface area contributed by atoms with Gasteiger partial charge in [-0.2, -0.15) is 0 Å². The molecule has 0 unspecified atom stereocenters. The third kappa shape index (κ3) is 2.01. The minimum Gasteiger partial charge on any atom is -0.252 e. The number of aromatic nitrogens is 1. The third-order valence-corrected chi connectivity index (χ3v) is 4.13. The molecule has 0 saturated heterocycles. The van der Waals surface area contributed by atoms with Crippen molar-refractivity contribution in [2.24, 2.45) is 0 Å². The van der Waals surface area contributed by atoms with E-state index in [2.05, 4.69) is 19.1 Å². The van der Waals surface area contributed by atoms with Gasteiger partial charge in [0.15, 0.2) is 0 Å². The van der Waals surface area contributed by atoms with Gasteiger partial charge in [-0.05, 0) is 49.3 Å². The molecular weight excluding hydrogens is 242 g/mol. The van der Waals surface area contributed by atoms with E-state index in [-0.39, 0.29) is 0 Å². The fraction of sp³-hybridized carbons (Fsp3) is 0.438. The van der Waals surface area contributed by atoms with Crippen molar-refractivity contribution >= 4 is 22.5 Å². The number of hydrogen-bond donors (Lipinski definition) is 0. The number of hydrogen-bond acceptors (Lipinski definition) is 1. The Morgan fingerprint density at radius 2 is 2.06 bits per heavy atom. The second kappa shape index (κ2) is 4.89. The van der Waals surface area contributed by atoms with E-state index < -0.39 is 0 Å². The van der Waals surface area contributed by atoms with Crippen molar-refractivity contribution in [3.8, 4) is 0 Å². The maximum atomic E-state index is 6.40. The lowest BCUT2D eigenvalue weighted by atomic mass is 9.89. The molecule has 1 heterocycles. The van der Waals surface area contributed by atoms with Crippen LogP contribution in [0, 0.1) is 0 Å². The smallest absolute Gasteiger partial charge is 0.0754 e. The molecule has 94 valence electrons. The summed E-state index contributed by atoms with van der Waals surface area (Å²) >= 11 is 6.40. The molecule has 0 amide bonds. The van der Waals surface area contributed by atoms with Gasteiger partial charge in [0, 0.05) is 11.1 Å². The highest BCUT2D eigenvalue weighted by Crippen LogP contribution is 2.32. The van der Waals surface area contributed by atoms with Crippen LogP contribution in [0.25, 0.3) is 10.9 Å². The summed E-state index contributed by atoms with van der Waals surface area (Å²) in [4.78, 5) is 4.85. The number of benzene rings is 1. The average Bonchev–Trinajstić information content (AvgIpc) is 2.39. The van der Waals surface area contributed by atoms with E-state index >= 15 is 0 Å². The Balaban J connectivity index is 2.24. The van der Waals surface area contributed by atoms with Gasteiger partial charge in [-0.25, -0.2) is 0 Å². The average molecular weight is 260 g/mol. The third-order valence-electron chi connectivity index (χ3n) is 3.81. The Bertz CT molecular complexity index is 589. The molecule has 0 atom stereocenters. The summed E-state index contributed by atoms with van der Waals surface area (Å²) in [6.45, 7) is 2.18. The summed E-state index contributed by atoms with van der Waals surface area (Å²) in [5.74, 6) is 0. The van der Waals surface area contributed by atoms with E-state index in [4.69, 9.17) is 16.6 Å². The van der Waals surface area contributed by atoms with Crippen molar-refractivity contribution in [3.63, 3.8) is 0 Å². The maximum absolute atomic E-state index is 6.40. The van der Waals surface area contributed by atoms with Gasteiger partial charge in [-0.3, -0.25) is 4.98 Å². The van der Waals surface area contributed by atoms with Gasteiger partial charge < -0.3 is 0 Å². The molecule has 1 aromatic carbocycles. The maximum Gasteiger partial charge on any atom is 0.0754 e. The van der Waals surface area contributed by atoms with Crippen LogP contribution >= 0.6 is 11.6 Å². The second-order valence-electron chi connectivity index (χ2n) is 5.15. The van der Waals surface area contributed by atoms with E-state index in [0.717, 1.165) is 40.9 Å². The van der Waals surface area contributed by atoms with E-state index in [1.807, 2.05) is 6.07 Å². The molecule has 1 aliphatic rings. The largest absolute Gasteiger partial charge is 0.252 e. The Hall–Kier alpha value is -1.08. The van der Waals surface area contributed by atoms with Gasteiger partial charge in [-0.1, -0.05) is 37.1 Å². The minimum absolute atomic E-state index is 0.858. The van der Waals surface area contributed by atoms with Crippen molar-refractivity contribution in [2.75, 3.05) is 0 Å². The summed E-state index contributed by atoms with van der Waals surface area (Å²) < 4.78 is 0. The monoisotopic (exact) mass is 259 g/mol. The number of aryl methyl sites for hydroxylation is 3. The summed E-state index contributed by atoms with van der Waals surface area (Å²) in [6, 6.07) is 6.41. The Morgan fingerprint density at radius 1 is 1.22 bits per heavy atom. The molecule has 0 aliphatic heterocycles. The molecule has 0 bridgehead atoms. The quantitative estimate of drug-likeness (QED) is 0.761. The first-order valence-electron chi connectivity index (χ1n) is 6.89. The van der Waals surface area contributed by atoms with Crippen LogP contribution in [0.4, 0.5) is 0 Å². The first-order valence-corrected chi connectivity index (χ1v) is 7.27. The zero-order chi connectivity index (χ0) is 12.5. The topological polar surface area (TPSA) is 12.9 Å². The molecular formula is C16H18ClN. The molecule has 0 fully saturated rings. The van der Waals surface area contributed by atoms with Crippen LogP contribution in [0.1, 0.15) is 43.0 Å². The van der Waals surface area contributed by atoms with Crippen molar-refractivity contribution in [1.82, 2.24) is 4.98 Å². The highest BCUT2D eigenvalue weighted by atomic mass is 35.5. The summed E-state index contributed by atoms with van der Waals surface area (Å²) in [5, 5.41) is 1.98.